The van der Waals surface area contributed by atoms with Crippen LogP contribution < -0.4 is 4.74 Å². The third-order valence-electron chi connectivity index (χ3n) is 2.45. The quantitative estimate of drug-likeness (QED) is 0.776. The molecule has 3 nitrogen and oxygen atoms in total. The van der Waals surface area contributed by atoms with Crippen LogP contribution in [0.5, 0.6) is 5.75 Å². The van der Waals surface area contributed by atoms with Gasteiger partial charge in [0.25, 0.3) is 0 Å². The molecule has 0 atom stereocenters. The molecular formula is C14H12ClNO2. The molecule has 0 fully saturated rings. The van der Waals surface area contributed by atoms with Crippen LogP contribution in [0.25, 0.3) is 0 Å². The summed E-state index contributed by atoms with van der Waals surface area (Å²) in [6.45, 7) is 0.522. The number of ether oxygens (including phenoxy) is 1. The van der Waals surface area contributed by atoms with Crippen LogP contribution in [-0.2, 0) is 6.42 Å². The van der Waals surface area contributed by atoms with Crippen molar-refractivity contribution in [2.45, 2.75) is 6.42 Å². The van der Waals surface area contributed by atoms with E-state index in [1.165, 1.54) is 0 Å². The van der Waals surface area contributed by atoms with Crippen molar-refractivity contribution in [2.75, 3.05) is 6.61 Å². The molecule has 2 aromatic rings. The van der Waals surface area contributed by atoms with E-state index >= 15 is 0 Å². The molecule has 18 heavy (non-hydrogen) atoms. The molecule has 0 aliphatic carbocycles. The minimum atomic E-state index is 0.403. The molecule has 0 spiro atoms. The maximum absolute atomic E-state index is 10.6. The molecule has 1 heterocycles. The molecule has 2 rings (SSSR count). The first-order valence-electron chi connectivity index (χ1n) is 5.57. The smallest absolute Gasteiger partial charge is 0.151 e. The summed E-state index contributed by atoms with van der Waals surface area (Å²) < 4.78 is 5.55. The van der Waals surface area contributed by atoms with Gasteiger partial charge in [-0.05, 0) is 30.3 Å². The zero-order valence-electron chi connectivity index (χ0n) is 9.67. The first-order valence-corrected chi connectivity index (χ1v) is 5.95. The average Bonchev–Trinajstić information content (AvgIpc) is 2.40. The van der Waals surface area contributed by atoms with Gasteiger partial charge in [0.2, 0.25) is 0 Å². The molecule has 0 bridgehead atoms. The third kappa shape index (κ3) is 3.31. The minimum Gasteiger partial charge on any atom is -0.493 e. The van der Waals surface area contributed by atoms with E-state index in [0.717, 1.165) is 18.4 Å². The lowest BCUT2D eigenvalue weighted by atomic mass is 10.2. The minimum absolute atomic E-state index is 0.403. The fourth-order valence-corrected chi connectivity index (χ4v) is 1.73. The van der Waals surface area contributed by atoms with Gasteiger partial charge in [0.1, 0.15) is 5.75 Å². The second-order valence-corrected chi connectivity index (χ2v) is 4.13. The highest BCUT2D eigenvalue weighted by atomic mass is 35.5. The molecule has 1 aromatic heterocycles. The average molecular weight is 262 g/mol. The van der Waals surface area contributed by atoms with E-state index in [-0.39, 0.29) is 0 Å². The molecule has 0 radical (unpaired) electrons. The fraction of sp³-hybridized carbons (Fsp3) is 0.143. The molecule has 1 aromatic carbocycles. The Hall–Kier alpha value is -1.87. The Morgan fingerprint density at radius 1 is 1.28 bits per heavy atom. The summed E-state index contributed by atoms with van der Waals surface area (Å²) in [5.74, 6) is 0.654. The van der Waals surface area contributed by atoms with Gasteiger partial charge in [0.05, 0.1) is 11.6 Å². The van der Waals surface area contributed by atoms with Crippen molar-refractivity contribution in [3.63, 3.8) is 0 Å². The van der Waals surface area contributed by atoms with Crippen LogP contribution in [0, 0.1) is 0 Å². The predicted molar refractivity (Wildman–Crippen MR) is 70.3 cm³/mol. The van der Waals surface area contributed by atoms with Gasteiger partial charge in [-0.25, -0.2) is 0 Å². The number of rotatable bonds is 5. The van der Waals surface area contributed by atoms with Crippen molar-refractivity contribution in [3.05, 3.63) is 58.9 Å². The van der Waals surface area contributed by atoms with E-state index in [9.17, 15) is 4.79 Å². The van der Waals surface area contributed by atoms with E-state index in [1.807, 2.05) is 18.2 Å². The highest BCUT2D eigenvalue weighted by molar-refractivity contribution is 6.33. The second kappa shape index (κ2) is 6.17. The number of carbonyl (C=O) groups is 1. The largest absolute Gasteiger partial charge is 0.493 e. The van der Waals surface area contributed by atoms with Crippen molar-refractivity contribution in [2.24, 2.45) is 0 Å². The Morgan fingerprint density at radius 2 is 2.17 bits per heavy atom. The number of halogens is 1. The van der Waals surface area contributed by atoms with Gasteiger partial charge < -0.3 is 4.74 Å². The SMILES string of the molecule is O=Cc1ccc(OCCc2ccccn2)cc1Cl. The van der Waals surface area contributed by atoms with Crippen LogP contribution in [0.4, 0.5) is 0 Å². The van der Waals surface area contributed by atoms with Crippen LogP contribution >= 0.6 is 11.6 Å². The van der Waals surface area contributed by atoms with Crippen molar-refractivity contribution < 1.29 is 9.53 Å². The maximum Gasteiger partial charge on any atom is 0.151 e. The van der Waals surface area contributed by atoms with E-state index in [2.05, 4.69) is 4.98 Å². The summed E-state index contributed by atoms with van der Waals surface area (Å²) in [5.41, 5.74) is 1.45. The molecule has 0 amide bonds. The Bertz CT molecular complexity index is 529. The maximum atomic E-state index is 10.6. The molecule has 0 aliphatic heterocycles. The first-order chi connectivity index (χ1) is 8.79. The molecule has 0 N–H and O–H groups in total. The number of pyridine rings is 1. The number of hydrogen-bond acceptors (Lipinski definition) is 3. The van der Waals surface area contributed by atoms with Crippen molar-refractivity contribution in [1.82, 2.24) is 4.98 Å². The van der Waals surface area contributed by atoms with Crippen molar-refractivity contribution >= 4 is 17.9 Å². The highest BCUT2D eigenvalue weighted by Crippen LogP contribution is 2.21. The molecule has 0 saturated heterocycles. The second-order valence-electron chi connectivity index (χ2n) is 3.72. The van der Waals surface area contributed by atoms with Gasteiger partial charge in [0, 0.05) is 23.9 Å². The fourth-order valence-electron chi connectivity index (χ4n) is 1.51. The zero-order valence-corrected chi connectivity index (χ0v) is 10.4. The van der Waals surface area contributed by atoms with Crippen LogP contribution in [-0.4, -0.2) is 17.9 Å². The lowest BCUT2D eigenvalue weighted by Gasteiger charge is -2.06. The summed E-state index contributed by atoms with van der Waals surface area (Å²) in [6.07, 6.45) is 3.21. The first kappa shape index (κ1) is 12.6. The number of nitrogens with zero attached hydrogens (tertiary/aromatic N) is 1. The number of hydrogen-bond donors (Lipinski definition) is 0. The molecule has 92 valence electrons. The molecular weight excluding hydrogens is 250 g/mol. The Balaban J connectivity index is 1.91. The zero-order chi connectivity index (χ0) is 12.8. The van der Waals surface area contributed by atoms with Gasteiger partial charge in [-0.1, -0.05) is 17.7 Å². The van der Waals surface area contributed by atoms with Gasteiger partial charge in [-0.15, -0.1) is 0 Å². The standard InChI is InChI=1S/C14H12ClNO2/c15-14-9-13(5-4-11(14)10-17)18-8-6-12-3-1-2-7-16-12/h1-5,7,9-10H,6,8H2. The van der Waals surface area contributed by atoms with Crippen molar-refractivity contribution in [3.8, 4) is 5.75 Å². The topological polar surface area (TPSA) is 39.2 Å². The number of aromatic nitrogens is 1. The van der Waals surface area contributed by atoms with Crippen LogP contribution in [0.1, 0.15) is 16.1 Å². The van der Waals surface area contributed by atoms with E-state index < -0.39 is 0 Å². The summed E-state index contributed by atoms with van der Waals surface area (Å²) >= 11 is 5.90. The van der Waals surface area contributed by atoms with Crippen molar-refractivity contribution in [1.29, 1.82) is 0 Å². The predicted octanol–water partition coefficient (Wildman–Crippen LogP) is 3.17. The number of benzene rings is 1. The summed E-state index contributed by atoms with van der Waals surface area (Å²) in [6, 6.07) is 10.8. The molecule has 0 unspecified atom stereocenters. The van der Waals surface area contributed by atoms with Gasteiger partial charge in [-0.2, -0.15) is 0 Å². The Morgan fingerprint density at radius 3 is 2.83 bits per heavy atom. The summed E-state index contributed by atoms with van der Waals surface area (Å²) in [5, 5.41) is 0.403. The Labute approximate surface area is 110 Å². The van der Waals surface area contributed by atoms with Gasteiger partial charge in [0.15, 0.2) is 6.29 Å². The normalized spacial score (nSPS) is 10.1. The van der Waals surface area contributed by atoms with Crippen LogP contribution in [0.3, 0.4) is 0 Å². The Kier molecular flexibility index (Phi) is 4.31. The highest BCUT2D eigenvalue weighted by Gasteiger charge is 2.02. The third-order valence-corrected chi connectivity index (χ3v) is 2.78. The lowest BCUT2D eigenvalue weighted by Crippen LogP contribution is -2.02. The van der Waals surface area contributed by atoms with E-state index in [1.54, 1.807) is 24.4 Å². The number of aldehydes is 1. The van der Waals surface area contributed by atoms with Gasteiger partial charge in [-0.3, -0.25) is 9.78 Å². The summed E-state index contributed by atoms with van der Waals surface area (Å²) in [7, 11) is 0. The summed E-state index contributed by atoms with van der Waals surface area (Å²) in [4.78, 5) is 14.8. The van der Waals surface area contributed by atoms with Crippen LogP contribution in [0.15, 0.2) is 42.6 Å². The number of carbonyl (C=O) groups excluding carboxylic acids is 1. The monoisotopic (exact) mass is 261 g/mol. The van der Waals surface area contributed by atoms with E-state index in [0.29, 0.717) is 22.9 Å². The molecule has 0 aliphatic rings. The van der Waals surface area contributed by atoms with Gasteiger partial charge >= 0.3 is 0 Å². The van der Waals surface area contributed by atoms with Crippen LogP contribution in [0.2, 0.25) is 5.02 Å². The lowest BCUT2D eigenvalue weighted by molar-refractivity contribution is 0.112. The molecule has 4 heteroatoms. The van der Waals surface area contributed by atoms with E-state index in [4.69, 9.17) is 16.3 Å². The molecule has 0 saturated carbocycles.